The van der Waals surface area contributed by atoms with Gasteiger partial charge in [-0.15, -0.1) is 6.58 Å². The van der Waals surface area contributed by atoms with E-state index in [1.165, 1.54) is 5.56 Å². The lowest BCUT2D eigenvalue weighted by atomic mass is 9.60. The summed E-state index contributed by atoms with van der Waals surface area (Å²) < 4.78 is 1.02. The fraction of sp³-hybridized carbons (Fsp3) is 0.619. The van der Waals surface area contributed by atoms with E-state index in [0.29, 0.717) is 6.54 Å². The number of nitrogens with zero attached hydrogens (tertiary/aromatic N) is 2. The van der Waals surface area contributed by atoms with Gasteiger partial charge in [0.2, 0.25) is 0 Å². The van der Waals surface area contributed by atoms with Crippen LogP contribution < -0.4 is 4.90 Å². The highest BCUT2D eigenvalue weighted by molar-refractivity contribution is 9.10. The lowest BCUT2D eigenvalue weighted by Crippen LogP contribution is -2.57. The average Bonchev–Trinajstić information content (AvgIpc) is 3.03. The highest BCUT2D eigenvalue weighted by Crippen LogP contribution is 2.60. The largest absolute Gasteiger partial charge is 0.388 e. The number of halogens is 1. The third-order valence-corrected chi connectivity index (χ3v) is 7.10. The first-order chi connectivity index (χ1) is 12.0. The normalized spacial score (nSPS) is 27.4. The van der Waals surface area contributed by atoms with Crippen molar-refractivity contribution in [2.24, 2.45) is 5.41 Å². The smallest absolute Gasteiger partial charge is 0.0996 e. The van der Waals surface area contributed by atoms with Gasteiger partial charge >= 0.3 is 0 Å². The van der Waals surface area contributed by atoms with Gasteiger partial charge in [0.25, 0.3) is 0 Å². The second kappa shape index (κ2) is 6.33. The van der Waals surface area contributed by atoms with E-state index in [0.717, 1.165) is 23.1 Å². The minimum absolute atomic E-state index is 0.0984. The molecule has 1 saturated heterocycles. The molecule has 0 bridgehead atoms. The zero-order valence-electron chi connectivity index (χ0n) is 16.5. The Bertz CT molecular complexity index is 712. The van der Waals surface area contributed by atoms with Crippen LogP contribution in [0.2, 0.25) is 0 Å². The Kier molecular flexibility index (Phi) is 4.84. The summed E-state index contributed by atoms with van der Waals surface area (Å²) in [5.41, 5.74) is 1.08. The molecule has 2 aliphatic rings. The number of hydrogen-bond acceptors (Lipinski definition) is 4. The number of fused-ring (bicyclic) bond motifs is 3. The van der Waals surface area contributed by atoms with Gasteiger partial charge in [-0.25, -0.2) is 0 Å². The Morgan fingerprint density at radius 3 is 2.62 bits per heavy atom. The zero-order chi connectivity index (χ0) is 19.5. The van der Waals surface area contributed by atoms with Gasteiger partial charge in [-0.1, -0.05) is 41.9 Å². The van der Waals surface area contributed by atoms with E-state index >= 15 is 0 Å². The predicted molar refractivity (Wildman–Crippen MR) is 110 cm³/mol. The summed E-state index contributed by atoms with van der Waals surface area (Å²) in [6, 6.07) is 6.46. The van der Waals surface area contributed by atoms with Gasteiger partial charge in [0.05, 0.1) is 17.9 Å². The first-order valence-corrected chi connectivity index (χ1v) is 10.1. The van der Waals surface area contributed by atoms with Crippen LogP contribution in [0.5, 0.6) is 0 Å². The fourth-order valence-corrected chi connectivity index (χ4v) is 5.15. The molecule has 4 nitrogen and oxygen atoms in total. The Balaban J connectivity index is 2.18. The van der Waals surface area contributed by atoms with Crippen molar-refractivity contribution in [3.63, 3.8) is 0 Å². The molecular weight excluding hydrogens is 392 g/mol. The lowest BCUT2D eigenvalue weighted by molar-refractivity contribution is -0.0454. The average molecular weight is 423 g/mol. The molecule has 2 heterocycles. The molecule has 2 N–H and O–H groups in total. The third-order valence-electron chi connectivity index (χ3n) is 6.61. The van der Waals surface area contributed by atoms with E-state index in [1.807, 2.05) is 0 Å². The highest BCUT2D eigenvalue weighted by Gasteiger charge is 2.62. The van der Waals surface area contributed by atoms with Crippen LogP contribution >= 0.6 is 15.9 Å². The van der Waals surface area contributed by atoms with Gasteiger partial charge in [-0.2, -0.15) is 0 Å². The maximum Gasteiger partial charge on any atom is 0.0996 e. The number of likely N-dealkylation sites (tertiary alicyclic amines) is 1. The van der Waals surface area contributed by atoms with E-state index in [1.54, 1.807) is 13.8 Å². The van der Waals surface area contributed by atoms with Crippen molar-refractivity contribution in [1.29, 1.82) is 0 Å². The fourth-order valence-electron chi connectivity index (χ4n) is 4.80. The van der Waals surface area contributed by atoms with Gasteiger partial charge in [-0.05, 0) is 50.4 Å². The molecule has 1 fully saturated rings. The number of likely N-dealkylation sites (N-methyl/N-ethyl adjacent to an activating group) is 1. The van der Waals surface area contributed by atoms with Crippen LogP contribution in [0.15, 0.2) is 35.3 Å². The molecule has 144 valence electrons. The first kappa shape index (κ1) is 19.9. The van der Waals surface area contributed by atoms with Gasteiger partial charge in [0.1, 0.15) is 0 Å². The summed E-state index contributed by atoms with van der Waals surface area (Å²) in [7, 11) is 2.15. The second-order valence-electron chi connectivity index (χ2n) is 8.98. The predicted octanol–water partition coefficient (Wildman–Crippen LogP) is 3.51. The summed E-state index contributed by atoms with van der Waals surface area (Å²) in [5.74, 6) is 0. The second-order valence-corrected chi connectivity index (χ2v) is 9.90. The van der Waals surface area contributed by atoms with E-state index in [2.05, 4.69) is 77.5 Å². The molecule has 1 aromatic carbocycles. The number of hydrogen-bond donors (Lipinski definition) is 2. The maximum atomic E-state index is 10.6. The van der Waals surface area contributed by atoms with E-state index in [4.69, 9.17) is 0 Å². The van der Waals surface area contributed by atoms with Gasteiger partial charge in [0, 0.05) is 28.7 Å². The van der Waals surface area contributed by atoms with E-state index < -0.39 is 11.7 Å². The highest BCUT2D eigenvalue weighted by atomic mass is 79.9. The van der Waals surface area contributed by atoms with Crippen LogP contribution in [-0.2, 0) is 5.41 Å². The number of β-amino-alcohol motifs (C(OH)–C–C–N with tert-alkyl or cyclic N) is 1. The third kappa shape index (κ3) is 2.75. The Hall–Kier alpha value is -0.880. The molecule has 1 aromatic rings. The standard InChI is InChI=1S/C21H31BrN2O2/c1-7-19(2,3)21-10-11-23(6)18(21)24(13-17(25)20(4,5)26)16-12-14(22)8-9-15(16)21/h7-9,12,17-18,25-26H,1,10-11,13H2,2-6H3/t17?,18-,21-/m1/s1. The van der Waals surface area contributed by atoms with Crippen LogP contribution in [-0.4, -0.2) is 53.1 Å². The first-order valence-electron chi connectivity index (χ1n) is 9.26. The summed E-state index contributed by atoms with van der Waals surface area (Å²) >= 11 is 3.61. The molecule has 2 aliphatic heterocycles. The molecule has 26 heavy (non-hydrogen) atoms. The lowest BCUT2D eigenvalue weighted by Gasteiger charge is -2.46. The van der Waals surface area contributed by atoms with Crippen molar-refractivity contribution >= 4 is 21.6 Å². The summed E-state index contributed by atoms with van der Waals surface area (Å²) in [4.78, 5) is 4.65. The number of allylic oxidation sites excluding steroid dienone is 1. The van der Waals surface area contributed by atoms with Crippen molar-refractivity contribution in [3.05, 3.63) is 40.9 Å². The van der Waals surface area contributed by atoms with Crippen LogP contribution in [0.3, 0.4) is 0 Å². The molecule has 3 rings (SSSR count). The quantitative estimate of drug-likeness (QED) is 0.712. The van der Waals surface area contributed by atoms with Crippen molar-refractivity contribution < 1.29 is 10.2 Å². The van der Waals surface area contributed by atoms with Gasteiger partial charge < -0.3 is 15.1 Å². The Morgan fingerprint density at radius 1 is 1.38 bits per heavy atom. The molecule has 0 spiro atoms. The van der Waals surface area contributed by atoms with Crippen LogP contribution in [0.25, 0.3) is 0 Å². The molecule has 5 heteroatoms. The number of anilines is 1. The molecule has 0 radical (unpaired) electrons. The number of aliphatic hydroxyl groups excluding tert-OH is 1. The number of aliphatic hydroxyl groups is 2. The van der Waals surface area contributed by atoms with Gasteiger partial charge in [-0.3, -0.25) is 4.90 Å². The Labute approximate surface area is 165 Å². The molecule has 3 atom stereocenters. The van der Waals surface area contributed by atoms with E-state index in [9.17, 15) is 10.2 Å². The van der Waals surface area contributed by atoms with E-state index in [-0.39, 0.29) is 17.0 Å². The van der Waals surface area contributed by atoms with Crippen molar-refractivity contribution in [2.45, 2.75) is 57.4 Å². The minimum Gasteiger partial charge on any atom is -0.388 e. The van der Waals surface area contributed by atoms with Crippen LogP contribution in [0, 0.1) is 5.41 Å². The van der Waals surface area contributed by atoms with Gasteiger partial charge in [0.15, 0.2) is 0 Å². The molecular formula is C21H31BrN2O2. The summed E-state index contributed by atoms with van der Waals surface area (Å²) in [5, 5.41) is 21.0. The van der Waals surface area contributed by atoms with Crippen molar-refractivity contribution in [1.82, 2.24) is 4.90 Å². The topological polar surface area (TPSA) is 46.9 Å². The Morgan fingerprint density at radius 2 is 2.04 bits per heavy atom. The molecule has 0 aliphatic carbocycles. The number of rotatable bonds is 5. The maximum absolute atomic E-state index is 10.6. The van der Waals surface area contributed by atoms with Crippen molar-refractivity contribution in [2.75, 3.05) is 25.0 Å². The monoisotopic (exact) mass is 422 g/mol. The summed E-state index contributed by atoms with van der Waals surface area (Å²) in [6.45, 7) is 13.4. The zero-order valence-corrected chi connectivity index (χ0v) is 18.0. The molecule has 0 aromatic heterocycles. The van der Waals surface area contributed by atoms with Crippen molar-refractivity contribution in [3.8, 4) is 0 Å². The minimum atomic E-state index is -1.15. The summed E-state index contributed by atoms with van der Waals surface area (Å²) in [6.07, 6.45) is 2.39. The number of benzene rings is 1. The van der Waals surface area contributed by atoms with Crippen LogP contribution in [0.4, 0.5) is 5.69 Å². The molecule has 1 unspecified atom stereocenters. The van der Waals surface area contributed by atoms with Crippen LogP contribution in [0.1, 0.15) is 39.7 Å². The molecule has 0 saturated carbocycles. The molecule has 0 amide bonds. The SMILES string of the molecule is C=CC(C)(C)[C@@]12CCN(C)[C@@H]1N(CC(O)C(C)(C)O)c1cc(Br)ccc12.